The van der Waals surface area contributed by atoms with Crippen molar-refractivity contribution in [2.75, 3.05) is 19.8 Å². The Morgan fingerprint density at radius 1 is 1.04 bits per heavy atom. The van der Waals surface area contributed by atoms with Gasteiger partial charge in [-0.15, -0.1) is 0 Å². The van der Waals surface area contributed by atoms with E-state index in [-0.39, 0.29) is 18.6 Å². The molecule has 1 unspecified atom stereocenters. The van der Waals surface area contributed by atoms with Crippen molar-refractivity contribution in [3.8, 4) is 5.75 Å². The lowest BCUT2D eigenvalue weighted by Crippen LogP contribution is -2.33. The molecule has 1 N–H and O–H groups in total. The van der Waals surface area contributed by atoms with Crippen molar-refractivity contribution >= 4 is 11.9 Å². The van der Waals surface area contributed by atoms with Gasteiger partial charge in [-0.05, 0) is 57.2 Å². The van der Waals surface area contributed by atoms with E-state index in [4.69, 9.17) is 14.2 Å². The smallest absolute Gasteiger partial charge is 0.335 e. The Balaban J connectivity index is 2.20. The fraction of sp³-hybridized carbons (Fsp3) is 0.619. The van der Waals surface area contributed by atoms with E-state index in [0.29, 0.717) is 25.5 Å². The first-order valence-electron chi connectivity index (χ1n) is 9.58. The average molecular weight is 379 g/mol. The second-order valence-corrected chi connectivity index (χ2v) is 7.21. The summed E-state index contributed by atoms with van der Waals surface area (Å²) in [5.41, 5.74) is 1.09. The molecule has 152 valence electrons. The predicted molar refractivity (Wildman–Crippen MR) is 105 cm³/mol. The summed E-state index contributed by atoms with van der Waals surface area (Å²) in [6.07, 6.45) is 1.04. The molecule has 1 aromatic carbocycles. The number of hydrogen-bond donors (Lipinski definition) is 1. The van der Waals surface area contributed by atoms with Crippen LogP contribution < -0.4 is 10.1 Å². The van der Waals surface area contributed by atoms with Gasteiger partial charge in [0, 0.05) is 13.2 Å². The zero-order chi connectivity index (χ0) is 20.2. The normalized spacial score (nSPS) is 12.1. The van der Waals surface area contributed by atoms with Crippen LogP contribution in [0.1, 0.15) is 46.6 Å². The highest BCUT2D eigenvalue weighted by Crippen LogP contribution is 2.13. The van der Waals surface area contributed by atoms with Gasteiger partial charge in [0.25, 0.3) is 5.91 Å². The number of benzene rings is 1. The third kappa shape index (κ3) is 10.6. The zero-order valence-corrected chi connectivity index (χ0v) is 17.1. The first-order valence-corrected chi connectivity index (χ1v) is 9.58. The minimum atomic E-state index is -0.664. The maximum Gasteiger partial charge on any atom is 0.335 e. The maximum atomic E-state index is 11.8. The predicted octanol–water partition coefficient (Wildman–Crippen LogP) is 3.13. The highest BCUT2D eigenvalue weighted by molar-refractivity contribution is 5.81. The van der Waals surface area contributed by atoms with Crippen LogP contribution in [0.3, 0.4) is 0 Å². The van der Waals surface area contributed by atoms with E-state index in [0.717, 1.165) is 17.7 Å². The van der Waals surface area contributed by atoms with E-state index in [1.54, 1.807) is 6.92 Å². The number of esters is 1. The van der Waals surface area contributed by atoms with E-state index in [2.05, 4.69) is 19.2 Å². The zero-order valence-electron chi connectivity index (χ0n) is 17.1. The van der Waals surface area contributed by atoms with Crippen LogP contribution in [0.4, 0.5) is 0 Å². The Morgan fingerprint density at radius 3 is 2.30 bits per heavy atom. The van der Waals surface area contributed by atoms with Gasteiger partial charge in [0.1, 0.15) is 5.75 Å². The third-order valence-corrected chi connectivity index (χ3v) is 3.77. The molecule has 0 saturated carbocycles. The Hall–Kier alpha value is -2.08. The van der Waals surface area contributed by atoms with Crippen molar-refractivity contribution in [2.45, 2.75) is 59.7 Å². The topological polar surface area (TPSA) is 73.9 Å². The van der Waals surface area contributed by atoms with E-state index in [1.807, 2.05) is 38.1 Å². The first-order chi connectivity index (χ1) is 12.8. The molecule has 1 aromatic rings. The second-order valence-electron chi connectivity index (χ2n) is 7.21. The molecule has 6 heteroatoms. The molecule has 0 aromatic heterocycles. The van der Waals surface area contributed by atoms with Gasteiger partial charge in [-0.1, -0.05) is 26.0 Å². The number of carbonyl (C=O) groups excluding carboxylic acids is 2. The monoisotopic (exact) mass is 379 g/mol. The number of hydrogen-bond acceptors (Lipinski definition) is 5. The third-order valence-electron chi connectivity index (χ3n) is 3.77. The van der Waals surface area contributed by atoms with Crippen LogP contribution in [0.2, 0.25) is 0 Å². The average Bonchev–Trinajstić information content (AvgIpc) is 2.60. The van der Waals surface area contributed by atoms with Crippen molar-refractivity contribution in [3.05, 3.63) is 29.8 Å². The lowest BCUT2D eigenvalue weighted by Gasteiger charge is -2.13. The molecule has 0 fully saturated rings. The Labute approximate surface area is 162 Å². The molecule has 0 spiro atoms. The minimum absolute atomic E-state index is 0.140. The van der Waals surface area contributed by atoms with Crippen LogP contribution in [0.15, 0.2) is 24.3 Å². The van der Waals surface area contributed by atoms with Gasteiger partial charge >= 0.3 is 5.97 Å². The SMILES string of the molecule is CC(C)CCOC(C)C(=O)OCC(=O)NCCc1ccc(OC(C)C)cc1. The first kappa shape index (κ1) is 23.0. The van der Waals surface area contributed by atoms with Gasteiger partial charge < -0.3 is 19.5 Å². The van der Waals surface area contributed by atoms with Crippen molar-refractivity contribution in [2.24, 2.45) is 5.92 Å². The summed E-state index contributed by atoms with van der Waals surface area (Å²) in [5.74, 6) is 0.500. The highest BCUT2D eigenvalue weighted by Gasteiger charge is 2.16. The summed E-state index contributed by atoms with van der Waals surface area (Å²) in [7, 11) is 0. The molecule has 27 heavy (non-hydrogen) atoms. The molecule has 0 bridgehead atoms. The summed E-state index contributed by atoms with van der Waals surface area (Å²) in [6, 6.07) is 7.78. The molecule has 0 heterocycles. The van der Waals surface area contributed by atoms with Crippen molar-refractivity contribution in [3.63, 3.8) is 0 Å². The van der Waals surface area contributed by atoms with Crippen molar-refractivity contribution < 1.29 is 23.8 Å². The molecule has 0 aliphatic heterocycles. The molecule has 0 saturated heterocycles. The van der Waals surface area contributed by atoms with Gasteiger partial charge in [0.05, 0.1) is 6.10 Å². The minimum Gasteiger partial charge on any atom is -0.491 e. The molecule has 1 atom stereocenters. The van der Waals surface area contributed by atoms with Gasteiger partial charge in [0.2, 0.25) is 0 Å². The van der Waals surface area contributed by atoms with E-state index in [9.17, 15) is 9.59 Å². The molecule has 0 aliphatic rings. The van der Waals surface area contributed by atoms with Crippen LogP contribution in [0.5, 0.6) is 5.75 Å². The van der Waals surface area contributed by atoms with Crippen LogP contribution in [-0.2, 0) is 25.5 Å². The number of nitrogens with one attached hydrogen (secondary N) is 1. The lowest BCUT2D eigenvalue weighted by molar-refractivity contribution is -0.159. The summed E-state index contributed by atoms with van der Waals surface area (Å²) in [5, 5.41) is 2.74. The van der Waals surface area contributed by atoms with E-state index >= 15 is 0 Å². The molecule has 1 rings (SSSR count). The quantitative estimate of drug-likeness (QED) is 0.565. The fourth-order valence-electron chi connectivity index (χ4n) is 2.21. The maximum absolute atomic E-state index is 11.8. The molecule has 1 amide bonds. The largest absolute Gasteiger partial charge is 0.491 e. The number of rotatable bonds is 12. The molecular formula is C21H33NO5. The number of carbonyl (C=O) groups is 2. The Morgan fingerprint density at radius 2 is 1.70 bits per heavy atom. The van der Waals surface area contributed by atoms with E-state index < -0.39 is 12.1 Å². The molecule has 0 radical (unpaired) electrons. The second kappa shape index (κ2) is 12.3. The van der Waals surface area contributed by atoms with Crippen LogP contribution in [0, 0.1) is 5.92 Å². The molecule has 6 nitrogen and oxygen atoms in total. The summed E-state index contributed by atoms with van der Waals surface area (Å²) in [4.78, 5) is 23.6. The molecule has 0 aliphatic carbocycles. The van der Waals surface area contributed by atoms with Crippen LogP contribution in [0.25, 0.3) is 0 Å². The van der Waals surface area contributed by atoms with Crippen LogP contribution >= 0.6 is 0 Å². The molecular weight excluding hydrogens is 346 g/mol. The number of amides is 1. The van der Waals surface area contributed by atoms with Gasteiger partial charge in [-0.2, -0.15) is 0 Å². The van der Waals surface area contributed by atoms with Crippen LogP contribution in [-0.4, -0.2) is 43.8 Å². The van der Waals surface area contributed by atoms with Gasteiger partial charge in [-0.25, -0.2) is 4.79 Å². The standard InChI is InChI=1S/C21H33NO5/c1-15(2)11-13-25-17(5)21(24)26-14-20(23)22-12-10-18-6-8-19(9-7-18)27-16(3)4/h6-9,15-17H,10-14H2,1-5H3,(H,22,23). The van der Waals surface area contributed by atoms with Gasteiger partial charge in [-0.3, -0.25) is 4.79 Å². The fourth-order valence-corrected chi connectivity index (χ4v) is 2.21. The van der Waals surface area contributed by atoms with E-state index in [1.165, 1.54) is 0 Å². The summed E-state index contributed by atoms with van der Waals surface area (Å²) >= 11 is 0. The summed E-state index contributed by atoms with van der Waals surface area (Å²) < 4.78 is 16.0. The van der Waals surface area contributed by atoms with Crippen molar-refractivity contribution in [1.82, 2.24) is 5.32 Å². The van der Waals surface area contributed by atoms with Gasteiger partial charge in [0.15, 0.2) is 12.7 Å². The summed E-state index contributed by atoms with van der Waals surface area (Å²) in [6.45, 7) is 10.5. The number of ether oxygens (including phenoxy) is 3. The highest BCUT2D eigenvalue weighted by atomic mass is 16.6. The Kier molecular flexibility index (Phi) is 10.5. The lowest BCUT2D eigenvalue weighted by atomic mass is 10.1. The Bertz CT molecular complexity index is 568. The van der Waals surface area contributed by atoms with Crippen molar-refractivity contribution in [1.29, 1.82) is 0 Å².